The summed E-state index contributed by atoms with van der Waals surface area (Å²) in [5.74, 6) is -0.204. The van der Waals surface area contributed by atoms with Crippen molar-refractivity contribution in [2.24, 2.45) is 0 Å². The van der Waals surface area contributed by atoms with Crippen molar-refractivity contribution < 1.29 is 4.39 Å². The lowest BCUT2D eigenvalue weighted by molar-refractivity contribution is 0.0823. The van der Waals surface area contributed by atoms with Gasteiger partial charge in [0.2, 0.25) is 0 Å². The molecule has 1 aliphatic heterocycles. The maximum absolute atomic E-state index is 14.3. The fraction of sp³-hybridized carbons (Fsp3) is 0.706. The Kier molecular flexibility index (Phi) is 5.71. The molecule has 118 valence electrons. The molecule has 4 heteroatoms. The molecule has 0 bridgehead atoms. The molecule has 3 nitrogen and oxygen atoms in total. The van der Waals surface area contributed by atoms with Crippen molar-refractivity contribution in [2.45, 2.75) is 58.0 Å². The standard InChI is InChI=1S/C17H28FN3/c1-4-9-20-16(14-8-10-19-13-15(14)18)17(3,5-2)21-11-6-7-12-21/h8,10,13,16,20H,4-7,9,11-12H2,1-3H3. The van der Waals surface area contributed by atoms with Crippen molar-refractivity contribution in [1.29, 1.82) is 0 Å². The molecule has 0 radical (unpaired) electrons. The van der Waals surface area contributed by atoms with Gasteiger partial charge < -0.3 is 5.32 Å². The first-order valence-electron chi connectivity index (χ1n) is 8.21. The van der Waals surface area contributed by atoms with Crippen LogP contribution in [0.4, 0.5) is 4.39 Å². The molecule has 1 N–H and O–H groups in total. The van der Waals surface area contributed by atoms with E-state index in [0.29, 0.717) is 0 Å². The van der Waals surface area contributed by atoms with Crippen LogP contribution in [0, 0.1) is 5.82 Å². The summed E-state index contributed by atoms with van der Waals surface area (Å²) in [6, 6.07) is 1.83. The van der Waals surface area contributed by atoms with Gasteiger partial charge in [0, 0.05) is 17.3 Å². The van der Waals surface area contributed by atoms with Gasteiger partial charge in [0.15, 0.2) is 0 Å². The van der Waals surface area contributed by atoms with Gasteiger partial charge in [0.05, 0.1) is 12.2 Å². The Bertz CT molecular complexity index is 445. The summed E-state index contributed by atoms with van der Waals surface area (Å²) in [7, 11) is 0. The van der Waals surface area contributed by atoms with Crippen LogP contribution in [0.25, 0.3) is 0 Å². The quantitative estimate of drug-likeness (QED) is 0.833. The third-order valence-corrected chi connectivity index (χ3v) is 4.88. The molecule has 1 aliphatic rings. The molecular formula is C17H28FN3. The number of nitrogens with zero attached hydrogens (tertiary/aromatic N) is 2. The second kappa shape index (κ2) is 7.32. The number of hydrogen-bond donors (Lipinski definition) is 1. The van der Waals surface area contributed by atoms with Gasteiger partial charge in [-0.2, -0.15) is 0 Å². The molecule has 2 heterocycles. The van der Waals surface area contributed by atoms with Crippen molar-refractivity contribution in [1.82, 2.24) is 15.2 Å². The highest BCUT2D eigenvalue weighted by Gasteiger charge is 2.40. The zero-order valence-corrected chi connectivity index (χ0v) is 13.5. The lowest BCUT2D eigenvalue weighted by Crippen LogP contribution is -2.53. The zero-order chi connectivity index (χ0) is 15.3. The van der Waals surface area contributed by atoms with Gasteiger partial charge >= 0.3 is 0 Å². The second-order valence-electron chi connectivity index (χ2n) is 6.19. The van der Waals surface area contributed by atoms with Crippen molar-refractivity contribution >= 4 is 0 Å². The Hall–Kier alpha value is -1.00. The Morgan fingerprint density at radius 1 is 1.38 bits per heavy atom. The molecule has 1 saturated heterocycles. The van der Waals surface area contributed by atoms with E-state index in [4.69, 9.17) is 0 Å². The topological polar surface area (TPSA) is 28.2 Å². The predicted molar refractivity (Wildman–Crippen MR) is 84.7 cm³/mol. The maximum Gasteiger partial charge on any atom is 0.146 e. The van der Waals surface area contributed by atoms with Crippen molar-refractivity contribution in [2.75, 3.05) is 19.6 Å². The van der Waals surface area contributed by atoms with Crippen LogP contribution in [0.15, 0.2) is 18.5 Å². The van der Waals surface area contributed by atoms with Crippen LogP contribution in [0.2, 0.25) is 0 Å². The molecule has 2 atom stereocenters. The van der Waals surface area contributed by atoms with Crippen LogP contribution in [-0.2, 0) is 0 Å². The normalized spacial score (nSPS) is 20.4. The SMILES string of the molecule is CCCNC(c1ccncc1F)C(C)(CC)N1CCCC1. The second-order valence-corrected chi connectivity index (χ2v) is 6.19. The van der Waals surface area contributed by atoms with Gasteiger partial charge in [-0.15, -0.1) is 0 Å². The summed E-state index contributed by atoms with van der Waals surface area (Å²) in [5, 5.41) is 3.59. The summed E-state index contributed by atoms with van der Waals surface area (Å²) < 4.78 is 14.3. The van der Waals surface area contributed by atoms with Crippen LogP contribution in [0.3, 0.4) is 0 Å². The van der Waals surface area contributed by atoms with Gasteiger partial charge in [-0.1, -0.05) is 13.8 Å². The maximum atomic E-state index is 14.3. The number of hydrogen-bond acceptors (Lipinski definition) is 3. The highest BCUT2D eigenvalue weighted by atomic mass is 19.1. The summed E-state index contributed by atoms with van der Waals surface area (Å²) in [6.45, 7) is 9.74. The van der Waals surface area contributed by atoms with E-state index in [1.165, 1.54) is 19.0 Å². The highest BCUT2D eigenvalue weighted by Crippen LogP contribution is 2.37. The van der Waals surface area contributed by atoms with E-state index >= 15 is 0 Å². The molecule has 1 aromatic rings. The minimum atomic E-state index is -0.204. The number of likely N-dealkylation sites (tertiary alicyclic amines) is 1. The number of nitrogens with one attached hydrogen (secondary N) is 1. The third kappa shape index (κ3) is 3.43. The summed E-state index contributed by atoms with van der Waals surface area (Å²) in [5.41, 5.74) is 0.683. The van der Waals surface area contributed by atoms with Gasteiger partial charge in [0.25, 0.3) is 0 Å². The van der Waals surface area contributed by atoms with Crippen LogP contribution in [-0.4, -0.2) is 35.1 Å². The molecule has 0 aliphatic carbocycles. The van der Waals surface area contributed by atoms with E-state index in [1.807, 2.05) is 6.07 Å². The van der Waals surface area contributed by atoms with Crippen LogP contribution in [0.5, 0.6) is 0 Å². The summed E-state index contributed by atoms with van der Waals surface area (Å²) >= 11 is 0. The molecule has 0 spiro atoms. The largest absolute Gasteiger partial charge is 0.308 e. The molecule has 1 fully saturated rings. The van der Waals surface area contributed by atoms with Gasteiger partial charge in [-0.3, -0.25) is 9.88 Å². The van der Waals surface area contributed by atoms with E-state index in [1.54, 1.807) is 6.20 Å². The lowest BCUT2D eigenvalue weighted by atomic mass is 9.83. The van der Waals surface area contributed by atoms with E-state index in [2.05, 4.69) is 36.0 Å². The molecular weight excluding hydrogens is 265 g/mol. The van der Waals surface area contributed by atoms with Crippen LogP contribution < -0.4 is 5.32 Å². The molecule has 1 aromatic heterocycles. The van der Waals surface area contributed by atoms with Crippen LogP contribution >= 0.6 is 0 Å². The van der Waals surface area contributed by atoms with Crippen molar-refractivity contribution in [3.63, 3.8) is 0 Å². The Morgan fingerprint density at radius 2 is 2.10 bits per heavy atom. The Balaban J connectivity index is 2.35. The van der Waals surface area contributed by atoms with E-state index in [9.17, 15) is 4.39 Å². The first-order valence-corrected chi connectivity index (χ1v) is 8.21. The predicted octanol–water partition coefficient (Wildman–Crippen LogP) is 3.53. The Morgan fingerprint density at radius 3 is 2.67 bits per heavy atom. The van der Waals surface area contributed by atoms with Gasteiger partial charge in [-0.25, -0.2) is 4.39 Å². The van der Waals surface area contributed by atoms with E-state index < -0.39 is 0 Å². The Labute approximate surface area is 127 Å². The molecule has 2 rings (SSSR count). The van der Waals surface area contributed by atoms with E-state index in [0.717, 1.165) is 38.0 Å². The first-order chi connectivity index (χ1) is 10.1. The van der Waals surface area contributed by atoms with Crippen molar-refractivity contribution in [3.05, 3.63) is 29.8 Å². The third-order valence-electron chi connectivity index (χ3n) is 4.88. The highest BCUT2D eigenvalue weighted by molar-refractivity contribution is 5.22. The number of aromatic nitrogens is 1. The lowest BCUT2D eigenvalue weighted by Gasteiger charge is -2.45. The summed E-state index contributed by atoms with van der Waals surface area (Å²) in [6.07, 6.45) is 7.55. The fourth-order valence-electron chi connectivity index (χ4n) is 3.41. The molecule has 0 saturated carbocycles. The number of rotatable bonds is 7. The molecule has 2 unspecified atom stereocenters. The molecule has 0 aromatic carbocycles. The average Bonchev–Trinajstić information content (AvgIpc) is 3.03. The summed E-state index contributed by atoms with van der Waals surface area (Å²) in [4.78, 5) is 6.42. The van der Waals surface area contributed by atoms with Crippen LogP contribution in [0.1, 0.15) is 58.1 Å². The molecule has 0 amide bonds. The smallest absolute Gasteiger partial charge is 0.146 e. The fourth-order valence-corrected chi connectivity index (χ4v) is 3.41. The minimum absolute atomic E-state index is 0.00329. The number of halogens is 1. The average molecular weight is 293 g/mol. The van der Waals surface area contributed by atoms with Crippen molar-refractivity contribution in [3.8, 4) is 0 Å². The van der Waals surface area contributed by atoms with E-state index in [-0.39, 0.29) is 17.4 Å². The van der Waals surface area contributed by atoms with Gasteiger partial charge in [-0.05, 0) is 58.3 Å². The number of pyridine rings is 1. The molecule has 21 heavy (non-hydrogen) atoms. The first kappa shape index (κ1) is 16.4. The van der Waals surface area contributed by atoms with Gasteiger partial charge in [0.1, 0.15) is 5.82 Å². The zero-order valence-electron chi connectivity index (χ0n) is 13.5. The monoisotopic (exact) mass is 293 g/mol. The minimum Gasteiger partial charge on any atom is -0.308 e.